The fourth-order valence-electron chi connectivity index (χ4n) is 1.90. The van der Waals surface area contributed by atoms with Crippen LogP contribution < -0.4 is 4.74 Å². The average Bonchev–Trinajstić information content (AvgIpc) is 2.42. The van der Waals surface area contributed by atoms with Gasteiger partial charge in [-0.3, -0.25) is 4.98 Å². The molecule has 0 atom stereocenters. The number of fused-ring (bicyclic) bond motifs is 1. The predicted octanol–water partition coefficient (Wildman–Crippen LogP) is 4.49. The van der Waals surface area contributed by atoms with E-state index in [0.29, 0.717) is 5.88 Å². The molecule has 4 heteroatoms. The number of ether oxygens (including phenoxy) is 1. The van der Waals surface area contributed by atoms with Crippen LogP contribution in [0.25, 0.3) is 10.9 Å². The molecule has 1 aromatic carbocycles. The SMILES string of the molecule is Cc1cc(Br)cnc1Oc1cccc2cccnc12. The average molecular weight is 315 g/mol. The first-order chi connectivity index (χ1) is 9.24. The molecule has 3 aromatic rings. The Morgan fingerprint density at radius 3 is 2.79 bits per heavy atom. The lowest BCUT2D eigenvalue weighted by molar-refractivity contribution is 0.463. The number of hydrogen-bond donors (Lipinski definition) is 0. The van der Waals surface area contributed by atoms with Gasteiger partial charge in [-0.1, -0.05) is 18.2 Å². The van der Waals surface area contributed by atoms with E-state index in [1.807, 2.05) is 43.3 Å². The molecule has 0 fully saturated rings. The highest BCUT2D eigenvalue weighted by molar-refractivity contribution is 9.10. The molecule has 0 spiro atoms. The molecule has 0 aliphatic carbocycles. The normalized spacial score (nSPS) is 10.6. The van der Waals surface area contributed by atoms with Crippen LogP contribution in [0.5, 0.6) is 11.6 Å². The topological polar surface area (TPSA) is 35.0 Å². The Morgan fingerprint density at radius 2 is 1.95 bits per heavy atom. The van der Waals surface area contributed by atoms with Crippen molar-refractivity contribution in [1.29, 1.82) is 0 Å². The second kappa shape index (κ2) is 4.97. The van der Waals surface area contributed by atoms with Crippen molar-refractivity contribution in [1.82, 2.24) is 9.97 Å². The third-order valence-electron chi connectivity index (χ3n) is 2.80. The first-order valence-electron chi connectivity index (χ1n) is 5.88. The number of halogens is 1. The fraction of sp³-hybridized carbons (Fsp3) is 0.0667. The summed E-state index contributed by atoms with van der Waals surface area (Å²) in [7, 11) is 0. The molecule has 0 aliphatic rings. The molecular weight excluding hydrogens is 304 g/mol. The number of aryl methyl sites for hydroxylation is 1. The lowest BCUT2D eigenvalue weighted by atomic mass is 10.2. The maximum atomic E-state index is 5.88. The van der Waals surface area contributed by atoms with E-state index in [4.69, 9.17) is 4.74 Å². The van der Waals surface area contributed by atoms with Crippen molar-refractivity contribution in [2.45, 2.75) is 6.92 Å². The molecule has 0 N–H and O–H groups in total. The van der Waals surface area contributed by atoms with Crippen molar-refractivity contribution in [2.24, 2.45) is 0 Å². The first kappa shape index (κ1) is 12.1. The summed E-state index contributed by atoms with van der Waals surface area (Å²) in [5.41, 5.74) is 1.82. The van der Waals surface area contributed by atoms with Crippen LogP contribution in [0, 0.1) is 6.92 Å². The fourth-order valence-corrected chi connectivity index (χ4v) is 2.34. The van der Waals surface area contributed by atoms with E-state index >= 15 is 0 Å². The summed E-state index contributed by atoms with van der Waals surface area (Å²) in [6.45, 7) is 1.96. The molecule has 2 heterocycles. The molecular formula is C15H11BrN2O. The maximum Gasteiger partial charge on any atom is 0.222 e. The Bertz CT molecular complexity index is 738. The predicted molar refractivity (Wildman–Crippen MR) is 78.5 cm³/mol. The molecule has 0 aliphatic heterocycles. The van der Waals surface area contributed by atoms with E-state index in [9.17, 15) is 0 Å². The summed E-state index contributed by atoms with van der Waals surface area (Å²) in [4.78, 5) is 8.65. The Labute approximate surface area is 119 Å². The highest BCUT2D eigenvalue weighted by Crippen LogP contribution is 2.29. The summed E-state index contributed by atoms with van der Waals surface area (Å²) in [6.07, 6.45) is 3.48. The monoisotopic (exact) mass is 314 g/mol. The largest absolute Gasteiger partial charge is 0.436 e. The van der Waals surface area contributed by atoms with Gasteiger partial charge in [0.25, 0.3) is 0 Å². The van der Waals surface area contributed by atoms with Crippen molar-refractivity contribution in [3.8, 4) is 11.6 Å². The second-order valence-electron chi connectivity index (χ2n) is 4.21. The van der Waals surface area contributed by atoms with E-state index < -0.39 is 0 Å². The van der Waals surface area contributed by atoms with Gasteiger partial charge in [0.2, 0.25) is 5.88 Å². The van der Waals surface area contributed by atoms with E-state index in [0.717, 1.165) is 26.7 Å². The minimum absolute atomic E-state index is 0.598. The summed E-state index contributed by atoms with van der Waals surface area (Å²) in [5, 5.41) is 1.05. The second-order valence-corrected chi connectivity index (χ2v) is 5.12. The van der Waals surface area contributed by atoms with Crippen LogP contribution in [0.3, 0.4) is 0 Å². The third kappa shape index (κ3) is 2.44. The van der Waals surface area contributed by atoms with Crippen LogP contribution in [-0.4, -0.2) is 9.97 Å². The number of rotatable bonds is 2. The first-order valence-corrected chi connectivity index (χ1v) is 6.67. The molecule has 19 heavy (non-hydrogen) atoms. The Kier molecular flexibility index (Phi) is 3.17. The Hall–Kier alpha value is -1.94. The molecule has 0 radical (unpaired) electrons. The lowest BCUT2D eigenvalue weighted by Gasteiger charge is -2.09. The van der Waals surface area contributed by atoms with E-state index in [1.54, 1.807) is 12.4 Å². The van der Waals surface area contributed by atoms with Crippen molar-refractivity contribution in [2.75, 3.05) is 0 Å². The van der Waals surface area contributed by atoms with Crippen LogP contribution in [0.4, 0.5) is 0 Å². The van der Waals surface area contributed by atoms with Crippen molar-refractivity contribution in [3.05, 3.63) is 58.8 Å². The minimum Gasteiger partial charge on any atom is -0.436 e. The number of benzene rings is 1. The summed E-state index contributed by atoms with van der Waals surface area (Å²) in [6, 6.07) is 11.8. The molecule has 3 rings (SSSR count). The summed E-state index contributed by atoms with van der Waals surface area (Å²) in [5.74, 6) is 1.32. The van der Waals surface area contributed by atoms with Gasteiger partial charge in [0.05, 0.1) is 0 Å². The molecule has 0 amide bonds. The van der Waals surface area contributed by atoms with Gasteiger partial charge in [-0.25, -0.2) is 4.98 Å². The quantitative estimate of drug-likeness (QED) is 0.699. The van der Waals surface area contributed by atoms with Gasteiger partial charge in [-0.15, -0.1) is 0 Å². The number of aromatic nitrogens is 2. The van der Waals surface area contributed by atoms with E-state index in [-0.39, 0.29) is 0 Å². The van der Waals surface area contributed by atoms with Crippen LogP contribution >= 0.6 is 15.9 Å². The van der Waals surface area contributed by atoms with E-state index in [1.165, 1.54) is 0 Å². The van der Waals surface area contributed by atoms with Gasteiger partial charge in [0, 0.05) is 27.8 Å². The lowest BCUT2D eigenvalue weighted by Crippen LogP contribution is -1.92. The van der Waals surface area contributed by atoms with Gasteiger partial charge in [-0.2, -0.15) is 0 Å². The van der Waals surface area contributed by atoms with E-state index in [2.05, 4.69) is 25.9 Å². The number of hydrogen-bond acceptors (Lipinski definition) is 3. The van der Waals surface area contributed by atoms with Crippen molar-refractivity contribution < 1.29 is 4.74 Å². The highest BCUT2D eigenvalue weighted by Gasteiger charge is 2.07. The Balaban J connectivity index is 2.06. The van der Waals surface area contributed by atoms with Crippen molar-refractivity contribution >= 4 is 26.8 Å². The zero-order valence-electron chi connectivity index (χ0n) is 10.3. The maximum absolute atomic E-state index is 5.88. The smallest absolute Gasteiger partial charge is 0.222 e. The van der Waals surface area contributed by atoms with Crippen LogP contribution in [0.2, 0.25) is 0 Å². The highest BCUT2D eigenvalue weighted by atomic mass is 79.9. The number of pyridine rings is 2. The molecule has 94 valence electrons. The van der Waals surface area contributed by atoms with Gasteiger partial charge in [0.15, 0.2) is 5.75 Å². The zero-order chi connectivity index (χ0) is 13.2. The molecule has 2 aromatic heterocycles. The van der Waals surface area contributed by atoms with Crippen LogP contribution in [0.1, 0.15) is 5.56 Å². The molecule has 0 saturated carbocycles. The van der Waals surface area contributed by atoms with Crippen LogP contribution in [0.15, 0.2) is 53.3 Å². The molecule has 3 nitrogen and oxygen atoms in total. The third-order valence-corrected chi connectivity index (χ3v) is 3.23. The molecule has 0 saturated heterocycles. The zero-order valence-corrected chi connectivity index (χ0v) is 11.9. The molecule has 0 unspecified atom stereocenters. The number of nitrogens with zero attached hydrogens (tertiary/aromatic N) is 2. The molecule has 0 bridgehead atoms. The summed E-state index contributed by atoms with van der Waals surface area (Å²) >= 11 is 3.39. The van der Waals surface area contributed by atoms with Gasteiger partial charge >= 0.3 is 0 Å². The minimum atomic E-state index is 0.598. The van der Waals surface area contributed by atoms with Gasteiger partial charge in [0.1, 0.15) is 5.52 Å². The van der Waals surface area contributed by atoms with Crippen molar-refractivity contribution in [3.63, 3.8) is 0 Å². The number of para-hydroxylation sites is 1. The van der Waals surface area contributed by atoms with Crippen LogP contribution in [-0.2, 0) is 0 Å². The summed E-state index contributed by atoms with van der Waals surface area (Å²) < 4.78 is 6.82. The Morgan fingerprint density at radius 1 is 1.11 bits per heavy atom. The standard InChI is InChI=1S/C15H11BrN2O/c1-10-8-12(16)9-18-15(10)19-13-6-2-4-11-5-3-7-17-14(11)13/h2-9H,1H3. The van der Waals surface area contributed by atoms with Gasteiger partial charge < -0.3 is 4.74 Å². The van der Waals surface area contributed by atoms with Gasteiger partial charge in [-0.05, 0) is 41.1 Å².